The molecule has 0 unspecified atom stereocenters. The Kier molecular flexibility index (Phi) is 7.49. The Labute approximate surface area is 152 Å². The van der Waals surface area contributed by atoms with E-state index in [0.717, 1.165) is 11.3 Å². The van der Waals surface area contributed by atoms with Crippen LogP contribution in [0, 0.1) is 0 Å². The maximum Gasteiger partial charge on any atom is 0.326 e. The standard InChI is InChI=1S/C20H23NO5/c1-25-16-9-11-17(12-10-16)26-13-5-8-19(22)21-18(20(23)24)14-15-6-3-2-4-7-15/h2-4,6-7,9-12,18H,5,8,13-14H2,1H3,(H,21,22)(H,23,24)/t18-/m1/s1. The zero-order valence-corrected chi connectivity index (χ0v) is 14.7. The summed E-state index contributed by atoms with van der Waals surface area (Å²) in [6, 6.07) is 15.5. The van der Waals surface area contributed by atoms with Crippen molar-refractivity contribution in [2.75, 3.05) is 13.7 Å². The zero-order valence-electron chi connectivity index (χ0n) is 14.7. The lowest BCUT2D eigenvalue weighted by atomic mass is 10.1. The van der Waals surface area contributed by atoms with Crippen LogP contribution >= 0.6 is 0 Å². The molecule has 0 spiro atoms. The summed E-state index contributed by atoms with van der Waals surface area (Å²) in [6.45, 7) is 0.371. The van der Waals surface area contributed by atoms with Crippen molar-refractivity contribution in [3.63, 3.8) is 0 Å². The molecule has 0 aliphatic carbocycles. The highest BCUT2D eigenvalue weighted by Gasteiger charge is 2.20. The molecule has 6 heteroatoms. The lowest BCUT2D eigenvalue weighted by Crippen LogP contribution is -2.42. The number of benzene rings is 2. The number of carboxylic acid groups (broad SMARTS) is 1. The van der Waals surface area contributed by atoms with Crippen molar-refractivity contribution in [3.05, 3.63) is 60.2 Å². The van der Waals surface area contributed by atoms with Gasteiger partial charge in [0, 0.05) is 12.8 Å². The second kappa shape index (κ2) is 10.1. The highest BCUT2D eigenvalue weighted by atomic mass is 16.5. The molecule has 0 saturated carbocycles. The fourth-order valence-corrected chi connectivity index (χ4v) is 2.41. The maximum absolute atomic E-state index is 12.0. The molecular formula is C20H23NO5. The van der Waals surface area contributed by atoms with E-state index in [-0.39, 0.29) is 18.7 Å². The number of aliphatic carboxylic acids is 1. The summed E-state index contributed by atoms with van der Waals surface area (Å²) in [7, 11) is 1.59. The Bertz CT molecular complexity index is 700. The monoisotopic (exact) mass is 357 g/mol. The second-order valence-corrected chi connectivity index (χ2v) is 5.78. The number of carbonyl (C=O) groups excluding carboxylic acids is 1. The number of rotatable bonds is 10. The zero-order chi connectivity index (χ0) is 18.8. The molecule has 1 atom stereocenters. The predicted octanol–water partition coefficient (Wildman–Crippen LogP) is 2.67. The number of hydrogen-bond acceptors (Lipinski definition) is 4. The van der Waals surface area contributed by atoms with E-state index in [4.69, 9.17) is 9.47 Å². The van der Waals surface area contributed by atoms with Gasteiger partial charge in [-0.1, -0.05) is 30.3 Å². The molecule has 0 saturated heterocycles. The molecule has 2 rings (SSSR count). The van der Waals surface area contributed by atoms with Gasteiger partial charge in [0.05, 0.1) is 13.7 Å². The minimum atomic E-state index is -1.04. The van der Waals surface area contributed by atoms with Gasteiger partial charge in [-0.25, -0.2) is 4.79 Å². The van der Waals surface area contributed by atoms with E-state index in [9.17, 15) is 14.7 Å². The second-order valence-electron chi connectivity index (χ2n) is 5.78. The summed E-state index contributed by atoms with van der Waals surface area (Å²) in [6.07, 6.45) is 0.953. The SMILES string of the molecule is COc1ccc(OCCCC(=O)N[C@H](Cc2ccccc2)C(=O)O)cc1. The smallest absolute Gasteiger partial charge is 0.326 e. The number of methoxy groups -OCH3 is 1. The van der Waals surface area contributed by atoms with Gasteiger partial charge in [0.2, 0.25) is 5.91 Å². The largest absolute Gasteiger partial charge is 0.497 e. The van der Waals surface area contributed by atoms with Crippen LogP contribution in [-0.4, -0.2) is 36.7 Å². The van der Waals surface area contributed by atoms with Crippen LogP contribution < -0.4 is 14.8 Å². The first kappa shape index (κ1) is 19.3. The molecular weight excluding hydrogens is 334 g/mol. The van der Waals surface area contributed by atoms with Crippen molar-refractivity contribution in [2.24, 2.45) is 0 Å². The van der Waals surface area contributed by atoms with Crippen molar-refractivity contribution < 1.29 is 24.2 Å². The van der Waals surface area contributed by atoms with Gasteiger partial charge in [0.25, 0.3) is 0 Å². The van der Waals surface area contributed by atoms with E-state index >= 15 is 0 Å². The Morgan fingerprint density at radius 2 is 1.69 bits per heavy atom. The van der Waals surface area contributed by atoms with Crippen molar-refractivity contribution >= 4 is 11.9 Å². The summed E-state index contributed by atoms with van der Waals surface area (Å²) >= 11 is 0. The number of nitrogens with one attached hydrogen (secondary N) is 1. The molecule has 0 aliphatic heterocycles. The minimum absolute atomic E-state index is 0.203. The fraction of sp³-hybridized carbons (Fsp3) is 0.300. The summed E-state index contributed by atoms with van der Waals surface area (Å²) in [5, 5.41) is 11.9. The molecule has 0 bridgehead atoms. The highest BCUT2D eigenvalue weighted by molar-refractivity contribution is 5.83. The molecule has 26 heavy (non-hydrogen) atoms. The Balaban J connectivity index is 1.72. The van der Waals surface area contributed by atoms with Crippen LogP contribution in [0.5, 0.6) is 11.5 Å². The van der Waals surface area contributed by atoms with Gasteiger partial charge in [0.1, 0.15) is 17.5 Å². The molecule has 0 heterocycles. The third kappa shape index (κ3) is 6.47. The molecule has 1 amide bonds. The number of ether oxygens (including phenoxy) is 2. The summed E-state index contributed by atoms with van der Waals surface area (Å²) in [5.74, 6) is 0.0944. The van der Waals surface area contributed by atoms with Gasteiger partial charge in [-0.05, 0) is 36.2 Å². The van der Waals surface area contributed by atoms with Crippen molar-refractivity contribution in [1.82, 2.24) is 5.32 Å². The van der Waals surface area contributed by atoms with Crippen molar-refractivity contribution in [1.29, 1.82) is 0 Å². The number of carbonyl (C=O) groups is 2. The van der Waals surface area contributed by atoms with Crippen molar-refractivity contribution in [2.45, 2.75) is 25.3 Å². The van der Waals surface area contributed by atoms with Crippen LogP contribution in [0.4, 0.5) is 0 Å². The van der Waals surface area contributed by atoms with E-state index in [0.29, 0.717) is 18.8 Å². The van der Waals surface area contributed by atoms with Crippen LogP contribution in [0.3, 0.4) is 0 Å². The van der Waals surface area contributed by atoms with Crippen LogP contribution in [0.15, 0.2) is 54.6 Å². The van der Waals surface area contributed by atoms with Crippen LogP contribution in [0.1, 0.15) is 18.4 Å². The average molecular weight is 357 g/mol. The molecule has 2 aromatic rings. The molecule has 0 radical (unpaired) electrons. The van der Waals surface area contributed by atoms with Gasteiger partial charge in [-0.15, -0.1) is 0 Å². The fourth-order valence-electron chi connectivity index (χ4n) is 2.41. The molecule has 2 N–H and O–H groups in total. The first-order valence-corrected chi connectivity index (χ1v) is 8.41. The maximum atomic E-state index is 12.0. The number of amides is 1. The molecule has 0 aromatic heterocycles. The first-order chi connectivity index (χ1) is 12.6. The summed E-state index contributed by atoms with van der Waals surface area (Å²) < 4.78 is 10.6. The Morgan fingerprint density at radius 3 is 2.31 bits per heavy atom. The quantitative estimate of drug-likeness (QED) is 0.639. The van der Waals surface area contributed by atoms with Crippen LogP contribution in [0.25, 0.3) is 0 Å². The molecule has 138 valence electrons. The van der Waals surface area contributed by atoms with E-state index in [1.807, 2.05) is 30.3 Å². The molecule has 0 fully saturated rings. The van der Waals surface area contributed by atoms with Crippen LogP contribution in [-0.2, 0) is 16.0 Å². The van der Waals surface area contributed by atoms with Gasteiger partial charge in [0.15, 0.2) is 0 Å². The van der Waals surface area contributed by atoms with Crippen LogP contribution in [0.2, 0.25) is 0 Å². The van der Waals surface area contributed by atoms with Gasteiger partial charge >= 0.3 is 5.97 Å². The summed E-state index contributed by atoms with van der Waals surface area (Å²) in [5.41, 5.74) is 0.864. The van der Waals surface area contributed by atoms with Gasteiger partial charge in [-0.2, -0.15) is 0 Å². The number of hydrogen-bond donors (Lipinski definition) is 2. The van der Waals surface area contributed by atoms with Gasteiger partial charge in [-0.3, -0.25) is 4.79 Å². The lowest BCUT2D eigenvalue weighted by molar-refractivity contribution is -0.141. The average Bonchev–Trinajstić information content (AvgIpc) is 2.66. The third-order valence-corrected chi connectivity index (χ3v) is 3.79. The first-order valence-electron chi connectivity index (χ1n) is 8.41. The molecule has 2 aromatic carbocycles. The Morgan fingerprint density at radius 1 is 1.04 bits per heavy atom. The topological polar surface area (TPSA) is 84.9 Å². The van der Waals surface area contributed by atoms with E-state index < -0.39 is 12.0 Å². The third-order valence-electron chi connectivity index (χ3n) is 3.79. The Hall–Kier alpha value is -3.02. The van der Waals surface area contributed by atoms with Gasteiger partial charge < -0.3 is 19.9 Å². The van der Waals surface area contributed by atoms with E-state index in [1.54, 1.807) is 31.4 Å². The molecule has 0 aliphatic rings. The highest BCUT2D eigenvalue weighted by Crippen LogP contribution is 2.17. The number of carboxylic acids is 1. The van der Waals surface area contributed by atoms with E-state index in [2.05, 4.69) is 5.32 Å². The normalized spacial score (nSPS) is 11.4. The minimum Gasteiger partial charge on any atom is -0.497 e. The molecule has 6 nitrogen and oxygen atoms in total. The van der Waals surface area contributed by atoms with E-state index in [1.165, 1.54) is 0 Å². The summed E-state index contributed by atoms with van der Waals surface area (Å²) in [4.78, 5) is 23.4. The lowest BCUT2D eigenvalue weighted by Gasteiger charge is -2.14. The predicted molar refractivity (Wildman–Crippen MR) is 97.4 cm³/mol. The van der Waals surface area contributed by atoms with Crippen molar-refractivity contribution in [3.8, 4) is 11.5 Å².